The molecule has 0 aliphatic carbocycles. The predicted octanol–water partition coefficient (Wildman–Crippen LogP) is 3.59. The number of aromatic nitrogens is 2. The van der Waals surface area contributed by atoms with Crippen LogP contribution in [-0.4, -0.2) is 32.3 Å². The number of pyridine rings is 2. The molecule has 3 rings (SSSR count). The molecule has 0 amide bonds. The van der Waals surface area contributed by atoms with Gasteiger partial charge in [-0.3, -0.25) is 4.79 Å². The highest BCUT2D eigenvalue weighted by Crippen LogP contribution is 2.26. The van der Waals surface area contributed by atoms with Crippen molar-refractivity contribution in [1.82, 2.24) is 9.55 Å². The molecule has 0 aliphatic heterocycles. The van der Waals surface area contributed by atoms with Crippen molar-refractivity contribution in [2.45, 2.75) is 33.4 Å². The number of halogens is 3. The summed E-state index contributed by atoms with van der Waals surface area (Å²) < 4.78 is 47.4. The highest BCUT2D eigenvalue weighted by molar-refractivity contribution is 5.92. The first-order chi connectivity index (χ1) is 15.0. The number of carboxylic acids is 1. The smallest absolute Gasteiger partial charge is 0.341 e. The predicted molar refractivity (Wildman–Crippen MR) is 109 cm³/mol. The zero-order valence-electron chi connectivity index (χ0n) is 17.5. The molecule has 2 N–H and O–H groups in total. The fourth-order valence-corrected chi connectivity index (χ4v) is 3.39. The van der Waals surface area contributed by atoms with Crippen LogP contribution in [0.5, 0.6) is 5.75 Å². The maximum absolute atomic E-state index is 13.9. The Balaban J connectivity index is 2.15. The molecule has 10 heteroatoms. The Hall–Kier alpha value is -3.40. The van der Waals surface area contributed by atoms with Gasteiger partial charge in [0, 0.05) is 29.6 Å². The van der Waals surface area contributed by atoms with E-state index in [0.717, 1.165) is 6.20 Å². The first-order valence-electron chi connectivity index (χ1n) is 9.72. The normalized spacial score (nSPS) is 12.4. The Morgan fingerprint density at radius 1 is 1.19 bits per heavy atom. The maximum atomic E-state index is 13.9. The summed E-state index contributed by atoms with van der Waals surface area (Å²) in [6.45, 7) is 4.51. The van der Waals surface area contributed by atoms with Crippen molar-refractivity contribution < 1.29 is 32.9 Å². The van der Waals surface area contributed by atoms with Gasteiger partial charge in [0.05, 0.1) is 18.0 Å². The quantitative estimate of drug-likeness (QED) is 0.571. The summed E-state index contributed by atoms with van der Waals surface area (Å²) in [6.07, 6.45) is 1.15. The van der Waals surface area contributed by atoms with Gasteiger partial charge in [0.2, 0.25) is 5.43 Å². The summed E-state index contributed by atoms with van der Waals surface area (Å²) >= 11 is 0. The van der Waals surface area contributed by atoms with Gasteiger partial charge in [-0.1, -0.05) is 13.8 Å². The third-order valence-corrected chi connectivity index (χ3v) is 5.18. The molecule has 1 aromatic carbocycles. The van der Waals surface area contributed by atoms with E-state index in [4.69, 9.17) is 4.74 Å². The van der Waals surface area contributed by atoms with Crippen LogP contribution in [0.25, 0.3) is 11.0 Å². The lowest BCUT2D eigenvalue weighted by Crippen LogP contribution is -2.26. The number of aromatic carboxylic acids is 1. The van der Waals surface area contributed by atoms with Crippen molar-refractivity contribution in [2.24, 2.45) is 5.92 Å². The van der Waals surface area contributed by atoms with Gasteiger partial charge in [-0.15, -0.1) is 0 Å². The molecule has 0 spiro atoms. The van der Waals surface area contributed by atoms with E-state index < -0.39 is 52.8 Å². The van der Waals surface area contributed by atoms with E-state index in [9.17, 15) is 33.0 Å². The van der Waals surface area contributed by atoms with Crippen molar-refractivity contribution in [3.63, 3.8) is 0 Å². The maximum Gasteiger partial charge on any atom is 0.341 e. The second kappa shape index (κ2) is 8.99. The fourth-order valence-electron chi connectivity index (χ4n) is 3.39. The summed E-state index contributed by atoms with van der Waals surface area (Å²) in [6, 6.07) is 1.75. The Kier molecular flexibility index (Phi) is 6.54. The summed E-state index contributed by atoms with van der Waals surface area (Å²) in [5.41, 5.74) is -0.510. The van der Waals surface area contributed by atoms with E-state index in [2.05, 4.69) is 4.98 Å². The van der Waals surface area contributed by atoms with Crippen molar-refractivity contribution >= 4 is 17.0 Å². The van der Waals surface area contributed by atoms with Gasteiger partial charge < -0.3 is 19.5 Å². The van der Waals surface area contributed by atoms with Gasteiger partial charge in [-0.2, -0.15) is 0 Å². The molecule has 2 aromatic heterocycles. The van der Waals surface area contributed by atoms with Gasteiger partial charge in [-0.05, 0) is 18.9 Å². The van der Waals surface area contributed by atoms with Crippen LogP contribution in [0, 0.1) is 30.3 Å². The second-order valence-electron chi connectivity index (χ2n) is 7.67. The lowest BCUT2D eigenvalue weighted by molar-refractivity contribution is 0.0694. The van der Waals surface area contributed by atoms with Crippen LogP contribution in [0.1, 0.15) is 41.5 Å². The lowest BCUT2D eigenvalue weighted by Gasteiger charge is -2.24. The van der Waals surface area contributed by atoms with Crippen LogP contribution in [0.4, 0.5) is 13.2 Å². The molecular formula is C22H21F3N2O5. The Morgan fingerprint density at radius 3 is 2.34 bits per heavy atom. The first-order valence-corrected chi connectivity index (χ1v) is 9.72. The third kappa shape index (κ3) is 4.31. The monoisotopic (exact) mass is 450 g/mol. The fraction of sp³-hybridized carbons (Fsp3) is 0.318. The van der Waals surface area contributed by atoms with E-state index >= 15 is 0 Å². The number of ether oxygens (including phenoxy) is 1. The summed E-state index contributed by atoms with van der Waals surface area (Å²) in [5, 5.41) is 19.2. The van der Waals surface area contributed by atoms with Crippen LogP contribution in [0.15, 0.2) is 29.2 Å². The van der Waals surface area contributed by atoms with E-state index in [-0.39, 0.29) is 29.1 Å². The molecule has 7 nitrogen and oxygen atoms in total. The molecule has 32 heavy (non-hydrogen) atoms. The third-order valence-electron chi connectivity index (χ3n) is 5.18. The highest BCUT2D eigenvalue weighted by Gasteiger charge is 2.23. The molecule has 0 fully saturated rings. The van der Waals surface area contributed by atoms with Crippen molar-refractivity contribution in [2.75, 3.05) is 6.61 Å². The Bertz CT molecular complexity index is 1230. The molecule has 2 heterocycles. The number of hydrogen-bond acceptors (Lipinski definition) is 5. The Labute approximate surface area is 180 Å². The number of carbonyl (C=O) groups is 1. The molecule has 0 bridgehead atoms. The molecule has 0 aliphatic rings. The number of aliphatic hydroxyl groups excluding tert-OH is 1. The topological polar surface area (TPSA) is 102 Å². The van der Waals surface area contributed by atoms with Gasteiger partial charge in [0.1, 0.15) is 23.6 Å². The molecule has 0 saturated carbocycles. The number of carboxylic acid groups (broad SMARTS) is 1. The van der Waals surface area contributed by atoms with Gasteiger partial charge in [-0.25, -0.2) is 22.9 Å². The van der Waals surface area contributed by atoms with E-state index in [1.165, 1.54) is 10.6 Å². The van der Waals surface area contributed by atoms with Crippen LogP contribution in [-0.2, 0) is 6.61 Å². The lowest BCUT2D eigenvalue weighted by atomic mass is 10.0. The zero-order valence-corrected chi connectivity index (χ0v) is 17.5. The molecule has 3 aromatic rings. The first kappa shape index (κ1) is 23.3. The van der Waals surface area contributed by atoms with Crippen molar-refractivity contribution in [3.8, 4) is 5.75 Å². The minimum Gasteiger partial charge on any atom is -0.483 e. The van der Waals surface area contributed by atoms with E-state index in [1.54, 1.807) is 6.92 Å². The minimum atomic E-state index is -1.44. The number of benzene rings is 1. The summed E-state index contributed by atoms with van der Waals surface area (Å²) in [5.74, 6) is -5.90. The van der Waals surface area contributed by atoms with Crippen molar-refractivity contribution in [1.29, 1.82) is 0 Å². The number of aryl methyl sites for hydroxylation is 1. The second-order valence-corrected chi connectivity index (χ2v) is 7.67. The standard InChI is InChI=1S/C22H21F3N2O5/c1-10(2)18(8-28)27-7-15(22(30)31)19(29)14-4-12(11(3)26-21(14)27)9-32-20-16(24)5-13(23)6-17(20)25/h4-7,10,18,28H,8-9H2,1-3H3,(H,30,31)/t18-/m1/s1. The number of fused-ring (bicyclic) bond motifs is 1. The largest absolute Gasteiger partial charge is 0.483 e. The van der Waals surface area contributed by atoms with E-state index in [1.807, 2.05) is 13.8 Å². The summed E-state index contributed by atoms with van der Waals surface area (Å²) in [7, 11) is 0. The minimum absolute atomic E-state index is 0.0479. The molecule has 1 atom stereocenters. The highest BCUT2D eigenvalue weighted by atomic mass is 19.1. The van der Waals surface area contributed by atoms with Gasteiger partial charge in [0.15, 0.2) is 17.4 Å². The van der Waals surface area contributed by atoms with Crippen molar-refractivity contribution in [3.05, 3.63) is 68.9 Å². The number of aliphatic hydroxyl groups is 1. The SMILES string of the molecule is Cc1nc2c(cc1COc1c(F)cc(F)cc1F)c(=O)c(C(=O)O)cn2[C@H](CO)C(C)C. The van der Waals surface area contributed by atoms with E-state index in [0.29, 0.717) is 17.8 Å². The number of hydrogen-bond donors (Lipinski definition) is 2. The molecule has 0 unspecified atom stereocenters. The van der Waals surface area contributed by atoms with Gasteiger partial charge in [0.25, 0.3) is 0 Å². The van der Waals surface area contributed by atoms with Crippen LogP contribution in [0.3, 0.4) is 0 Å². The Morgan fingerprint density at radius 2 is 1.81 bits per heavy atom. The zero-order chi connectivity index (χ0) is 23.7. The average molecular weight is 450 g/mol. The van der Waals surface area contributed by atoms with Crippen LogP contribution in [0.2, 0.25) is 0 Å². The van der Waals surface area contributed by atoms with Crippen LogP contribution < -0.4 is 10.2 Å². The average Bonchev–Trinajstić information content (AvgIpc) is 2.69. The number of nitrogens with zero attached hydrogens (tertiary/aromatic N) is 2. The van der Waals surface area contributed by atoms with Gasteiger partial charge >= 0.3 is 5.97 Å². The molecule has 0 saturated heterocycles. The molecule has 0 radical (unpaired) electrons. The summed E-state index contributed by atoms with van der Waals surface area (Å²) in [4.78, 5) is 28.8. The molecular weight excluding hydrogens is 429 g/mol. The number of rotatable bonds is 7. The molecule has 170 valence electrons. The van der Waals surface area contributed by atoms with Crippen LogP contribution >= 0.6 is 0 Å².